The van der Waals surface area contributed by atoms with Crippen molar-refractivity contribution in [3.8, 4) is 17.2 Å². The van der Waals surface area contributed by atoms with Crippen LogP contribution in [0, 0.1) is 10.1 Å². The van der Waals surface area contributed by atoms with Crippen LogP contribution in [0.2, 0.25) is 0 Å². The number of rotatable bonds is 7. The molecule has 8 heteroatoms. The first-order valence-electron chi connectivity index (χ1n) is 10.2. The van der Waals surface area contributed by atoms with Crippen LogP contribution in [-0.2, 0) is 6.42 Å². The number of benzene rings is 3. The molecule has 0 radical (unpaired) electrons. The van der Waals surface area contributed by atoms with E-state index >= 15 is 0 Å². The largest absolute Gasteiger partial charge is 0.487 e. The summed E-state index contributed by atoms with van der Waals surface area (Å²) in [7, 11) is 0. The molecule has 3 aromatic carbocycles. The highest BCUT2D eigenvalue weighted by molar-refractivity contribution is 6.05. The summed E-state index contributed by atoms with van der Waals surface area (Å²) in [6, 6.07) is 17.2. The van der Waals surface area contributed by atoms with Gasteiger partial charge >= 0.3 is 5.69 Å². The Bertz CT molecular complexity index is 1290. The van der Waals surface area contributed by atoms with Crippen molar-refractivity contribution < 1.29 is 18.9 Å². The van der Waals surface area contributed by atoms with Crippen molar-refractivity contribution in [2.75, 3.05) is 11.9 Å². The van der Waals surface area contributed by atoms with E-state index in [0.29, 0.717) is 22.7 Å². The van der Waals surface area contributed by atoms with Gasteiger partial charge in [0.1, 0.15) is 5.52 Å². The molecule has 1 amide bonds. The Balaban J connectivity index is 1.57. The van der Waals surface area contributed by atoms with Crippen LogP contribution in [0.3, 0.4) is 0 Å². The Morgan fingerprint density at radius 1 is 1.09 bits per heavy atom. The molecule has 1 N–H and O–H groups in total. The molecule has 0 saturated carbocycles. The maximum Gasteiger partial charge on any atom is 0.311 e. The lowest BCUT2D eigenvalue weighted by Crippen LogP contribution is -2.12. The number of nitrogens with one attached hydrogen (secondary N) is 1. The van der Waals surface area contributed by atoms with Crippen molar-refractivity contribution in [1.82, 2.24) is 4.98 Å². The summed E-state index contributed by atoms with van der Waals surface area (Å²) < 4.78 is 11.1. The number of aromatic nitrogens is 1. The standard InChI is InChI=1S/C24H21N3O5/c1-3-15-5-7-16(8-6-15)24-26-19-14-18(10-12-21(19)32-24)25-23(28)17-9-11-22(31-4-2)20(13-17)27(29)30/h5-14H,3-4H2,1-2H3,(H,25,28). The van der Waals surface area contributed by atoms with Gasteiger partial charge in [-0.05, 0) is 61.4 Å². The van der Waals surface area contributed by atoms with Gasteiger partial charge in [-0.3, -0.25) is 14.9 Å². The number of anilines is 1. The zero-order valence-corrected chi connectivity index (χ0v) is 17.6. The number of nitro benzene ring substituents is 1. The summed E-state index contributed by atoms with van der Waals surface area (Å²) in [5.41, 5.74) is 3.67. The number of carbonyl (C=O) groups is 1. The van der Waals surface area contributed by atoms with E-state index in [4.69, 9.17) is 9.15 Å². The van der Waals surface area contributed by atoms with Gasteiger partial charge in [-0.25, -0.2) is 4.98 Å². The number of hydrogen-bond acceptors (Lipinski definition) is 6. The minimum Gasteiger partial charge on any atom is -0.487 e. The Hall–Kier alpha value is -4.20. The predicted octanol–water partition coefficient (Wildman–Crippen LogP) is 5.62. The molecule has 0 unspecified atom stereocenters. The number of hydrogen-bond donors (Lipinski definition) is 1. The average Bonchev–Trinajstić information content (AvgIpc) is 3.23. The first-order chi connectivity index (χ1) is 15.5. The van der Waals surface area contributed by atoms with E-state index in [1.807, 2.05) is 24.3 Å². The van der Waals surface area contributed by atoms with Crippen LogP contribution in [0.5, 0.6) is 5.75 Å². The molecule has 4 rings (SSSR count). The maximum absolute atomic E-state index is 12.7. The molecule has 8 nitrogen and oxygen atoms in total. The summed E-state index contributed by atoms with van der Waals surface area (Å²) in [6.07, 6.45) is 0.953. The summed E-state index contributed by atoms with van der Waals surface area (Å²) in [4.78, 5) is 27.9. The molecule has 0 atom stereocenters. The fourth-order valence-corrected chi connectivity index (χ4v) is 3.29. The number of nitro groups is 1. The monoisotopic (exact) mass is 431 g/mol. The third-order valence-corrected chi connectivity index (χ3v) is 4.97. The number of oxazole rings is 1. The van der Waals surface area contributed by atoms with E-state index in [2.05, 4.69) is 17.2 Å². The van der Waals surface area contributed by atoms with E-state index in [9.17, 15) is 14.9 Å². The number of fused-ring (bicyclic) bond motifs is 1. The minimum absolute atomic E-state index is 0.123. The van der Waals surface area contributed by atoms with Crippen LogP contribution in [0.1, 0.15) is 29.8 Å². The molecule has 0 fully saturated rings. The van der Waals surface area contributed by atoms with Gasteiger partial charge in [0.2, 0.25) is 5.89 Å². The van der Waals surface area contributed by atoms with Crippen molar-refractivity contribution in [1.29, 1.82) is 0 Å². The fraction of sp³-hybridized carbons (Fsp3) is 0.167. The Labute approximate surface area is 184 Å². The minimum atomic E-state index is -0.572. The molecule has 0 spiro atoms. The molecular formula is C24H21N3O5. The van der Waals surface area contributed by atoms with Crippen LogP contribution in [0.4, 0.5) is 11.4 Å². The first-order valence-corrected chi connectivity index (χ1v) is 10.2. The van der Waals surface area contributed by atoms with Crippen LogP contribution < -0.4 is 10.1 Å². The van der Waals surface area contributed by atoms with E-state index in [-0.39, 0.29) is 23.6 Å². The maximum atomic E-state index is 12.7. The quantitative estimate of drug-likeness (QED) is 0.301. The van der Waals surface area contributed by atoms with E-state index in [1.54, 1.807) is 25.1 Å². The lowest BCUT2D eigenvalue weighted by atomic mass is 10.1. The molecule has 0 aliphatic rings. The highest BCUT2D eigenvalue weighted by Gasteiger charge is 2.19. The van der Waals surface area contributed by atoms with E-state index in [0.717, 1.165) is 12.0 Å². The number of nitrogens with zero attached hydrogens (tertiary/aromatic N) is 2. The third-order valence-electron chi connectivity index (χ3n) is 4.97. The molecule has 1 heterocycles. The van der Waals surface area contributed by atoms with Gasteiger partial charge in [0, 0.05) is 22.9 Å². The smallest absolute Gasteiger partial charge is 0.311 e. The summed E-state index contributed by atoms with van der Waals surface area (Å²) in [6.45, 7) is 4.11. The molecule has 0 aliphatic carbocycles. The van der Waals surface area contributed by atoms with Gasteiger partial charge in [0.15, 0.2) is 11.3 Å². The summed E-state index contributed by atoms with van der Waals surface area (Å²) >= 11 is 0. The molecule has 162 valence electrons. The van der Waals surface area contributed by atoms with Crippen LogP contribution >= 0.6 is 0 Å². The van der Waals surface area contributed by atoms with Gasteiger partial charge in [-0.15, -0.1) is 0 Å². The Morgan fingerprint density at radius 3 is 2.56 bits per heavy atom. The van der Waals surface area contributed by atoms with Crippen LogP contribution in [0.15, 0.2) is 65.1 Å². The normalized spacial score (nSPS) is 10.8. The van der Waals surface area contributed by atoms with Gasteiger partial charge in [-0.1, -0.05) is 19.1 Å². The third kappa shape index (κ3) is 4.29. The van der Waals surface area contributed by atoms with E-state index < -0.39 is 10.8 Å². The molecular weight excluding hydrogens is 410 g/mol. The summed E-state index contributed by atoms with van der Waals surface area (Å²) in [5.74, 6) is 0.139. The number of ether oxygens (including phenoxy) is 1. The lowest BCUT2D eigenvalue weighted by molar-refractivity contribution is -0.385. The van der Waals surface area contributed by atoms with Crippen LogP contribution in [-0.4, -0.2) is 22.4 Å². The van der Waals surface area contributed by atoms with Crippen molar-refractivity contribution in [3.63, 3.8) is 0 Å². The zero-order valence-electron chi connectivity index (χ0n) is 17.6. The zero-order chi connectivity index (χ0) is 22.7. The summed E-state index contributed by atoms with van der Waals surface area (Å²) in [5, 5.41) is 14.1. The average molecular weight is 431 g/mol. The second kappa shape index (κ2) is 8.89. The highest BCUT2D eigenvalue weighted by atomic mass is 16.6. The van der Waals surface area contributed by atoms with Gasteiger partial charge < -0.3 is 14.5 Å². The van der Waals surface area contributed by atoms with Gasteiger partial charge in [0.25, 0.3) is 5.91 Å². The van der Waals surface area contributed by atoms with Gasteiger partial charge in [0.05, 0.1) is 11.5 Å². The SMILES string of the molecule is CCOc1ccc(C(=O)Nc2ccc3oc(-c4ccc(CC)cc4)nc3c2)cc1[N+](=O)[O-]. The second-order valence-corrected chi connectivity index (χ2v) is 7.08. The van der Waals surface area contributed by atoms with Gasteiger partial charge in [-0.2, -0.15) is 0 Å². The molecule has 0 saturated heterocycles. The molecule has 0 bridgehead atoms. The predicted molar refractivity (Wildman–Crippen MR) is 121 cm³/mol. The fourth-order valence-electron chi connectivity index (χ4n) is 3.29. The van der Waals surface area contributed by atoms with Crippen LogP contribution in [0.25, 0.3) is 22.6 Å². The number of carbonyl (C=O) groups excluding carboxylic acids is 1. The topological polar surface area (TPSA) is 108 Å². The number of amides is 1. The van der Waals surface area contributed by atoms with Crippen molar-refractivity contribution >= 4 is 28.4 Å². The Kier molecular flexibility index (Phi) is 5.85. The Morgan fingerprint density at radius 2 is 1.88 bits per heavy atom. The lowest BCUT2D eigenvalue weighted by Gasteiger charge is -2.07. The van der Waals surface area contributed by atoms with E-state index in [1.165, 1.54) is 23.8 Å². The molecule has 0 aliphatic heterocycles. The first kappa shape index (κ1) is 21.0. The number of aryl methyl sites for hydroxylation is 1. The molecule has 32 heavy (non-hydrogen) atoms. The van der Waals surface area contributed by atoms with Crippen molar-refractivity contribution in [3.05, 3.63) is 81.9 Å². The molecule has 4 aromatic rings. The highest BCUT2D eigenvalue weighted by Crippen LogP contribution is 2.29. The van der Waals surface area contributed by atoms with Crippen molar-refractivity contribution in [2.45, 2.75) is 20.3 Å². The molecule has 1 aromatic heterocycles. The second-order valence-electron chi connectivity index (χ2n) is 7.08. The van der Waals surface area contributed by atoms with Crippen molar-refractivity contribution in [2.24, 2.45) is 0 Å².